The molecular weight excluding hydrogens is 283 g/mol. The van der Waals surface area contributed by atoms with Crippen LogP contribution >= 0.6 is 23.2 Å². The topological polar surface area (TPSA) is 43.6 Å². The van der Waals surface area contributed by atoms with Gasteiger partial charge in [0.1, 0.15) is 0 Å². The van der Waals surface area contributed by atoms with Gasteiger partial charge in [-0.25, -0.2) is 0 Å². The average Bonchev–Trinajstić information content (AvgIpc) is 2.88. The zero-order chi connectivity index (χ0) is 13.2. The second-order valence-corrected chi connectivity index (χ2v) is 4.78. The Labute approximate surface area is 119 Å². The van der Waals surface area contributed by atoms with E-state index in [0.29, 0.717) is 15.9 Å². The van der Waals surface area contributed by atoms with E-state index in [9.17, 15) is 0 Å². The standard InChI is InChI=1S/C13H8Cl2N4/c14-10-4-1-3-9(7-10)13-16-17-18-19(13)12-6-2-5-11(15)8-12/h1-8H. The van der Waals surface area contributed by atoms with Crippen molar-refractivity contribution in [1.82, 2.24) is 20.2 Å². The molecule has 0 aliphatic rings. The van der Waals surface area contributed by atoms with Crippen LogP contribution in [0.4, 0.5) is 0 Å². The summed E-state index contributed by atoms with van der Waals surface area (Å²) in [4.78, 5) is 0. The Morgan fingerprint density at radius 3 is 2.37 bits per heavy atom. The normalized spacial score (nSPS) is 10.6. The molecule has 3 aromatic rings. The molecule has 0 radical (unpaired) electrons. The Bertz CT molecular complexity index is 664. The van der Waals surface area contributed by atoms with Crippen LogP contribution < -0.4 is 0 Å². The molecule has 0 N–H and O–H groups in total. The van der Waals surface area contributed by atoms with E-state index in [-0.39, 0.29) is 0 Å². The van der Waals surface area contributed by atoms with Gasteiger partial charge in [-0.05, 0) is 40.8 Å². The molecule has 0 saturated carbocycles. The van der Waals surface area contributed by atoms with Crippen molar-refractivity contribution in [2.24, 2.45) is 0 Å². The highest BCUT2D eigenvalue weighted by Crippen LogP contribution is 2.23. The summed E-state index contributed by atoms with van der Waals surface area (Å²) in [5.74, 6) is 0.616. The number of hydrogen-bond acceptors (Lipinski definition) is 3. The van der Waals surface area contributed by atoms with Crippen molar-refractivity contribution in [3.63, 3.8) is 0 Å². The molecule has 0 aliphatic heterocycles. The molecule has 1 aromatic heterocycles. The molecule has 2 aromatic carbocycles. The predicted octanol–water partition coefficient (Wildman–Crippen LogP) is 3.64. The fourth-order valence-corrected chi connectivity index (χ4v) is 2.15. The van der Waals surface area contributed by atoms with Gasteiger partial charge in [-0.2, -0.15) is 4.68 Å². The molecule has 0 spiro atoms. The minimum atomic E-state index is 0.616. The molecule has 0 saturated heterocycles. The molecular formula is C13H8Cl2N4. The Balaban J connectivity index is 2.13. The first kappa shape index (κ1) is 12.1. The summed E-state index contributed by atoms with van der Waals surface area (Å²) in [7, 11) is 0. The molecule has 0 aliphatic carbocycles. The van der Waals surface area contributed by atoms with Crippen LogP contribution in [0, 0.1) is 0 Å². The first-order valence-corrected chi connectivity index (χ1v) is 6.30. The molecule has 19 heavy (non-hydrogen) atoms. The highest BCUT2D eigenvalue weighted by Gasteiger charge is 2.11. The molecule has 0 amide bonds. The van der Waals surface area contributed by atoms with E-state index in [2.05, 4.69) is 15.5 Å². The van der Waals surface area contributed by atoms with Gasteiger partial charge in [0.15, 0.2) is 5.82 Å². The molecule has 6 heteroatoms. The van der Waals surface area contributed by atoms with E-state index in [0.717, 1.165) is 11.3 Å². The van der Waals surface area contributed by atoms with E-state index in [1.54, 1.807) is 22.9 Å². The SMILES string of the molecule is Clc1cccc(-c2nnnn2-c2cccc(Cl)c2)c1. The summed E-state index contributed by atoms with van der Waals surface area (Å²) in [6, 6.07) is 14.7. The summed E-state index contributed by atoms with van der Waals surface area (Å²) < 4.78 is 1.62. The molecule has 3 rings (SSSR count). The first-order valence-electron chi connectivity index (χ1n) is 5.54. The van der Waals surface area contributed by atoms with Crippen LogP contribution in [0.2, 0.25) is 10.0 Å². The van der Waals surface area contributed by atoms with Crippen LogP contribution in [0.25, 0.3) is 17.1 Å². The maximum absolute atomic E-state index is 5.99. The lowest BCUT2D eigenvalue weighted by Gasteiger charge is -2.05. The van der Waals surface area contributed by atoms with Crippen molar-refractivity contribution in [3.05, 3.63) is 58.6 Å². The molecule has 0 unspecified atom stereocenters. The molecule has 0 atom stereocenters. The third-order valence-electron chi connectivity index (χ3n) is 2.61. The summed E-state index contributed by atoms with van der Waals surface area (Å²) in [6.07, 6.45) is 0. The van der Waals surface area contributed by atoms with E-state index in [1.165, 1.54) is 0 Å². The number of tetrazole rings is 1. The second kappa shape index (κ2) is 4.99. The van der Waals surface area contributed by atoms with E-state index < -0.39 is 0 Å². The molecule has 94 valence electrons. The van der Waals surface area contributed by atoms with Crippen molar-refractivity contribution < 1.29 is 0 Å². The van der Waals surface area contributed by atoms with Gasteiger partial charge in [0, 0.05) is 15.6 Å². The fourth-order valence-electron chi connectivity index (χ4n) is 1.78. The maximum atomic E-state index is 5.99. The molecule has 1 heterocycles. The van der Waals surface area contributed by atoms with Crippen LogP contribution in [0.1, 0.15) is 0 Å². The quantitative estimate of drug-likeness (QED) is 0.724. The Morgan fingerprint density at radius 1 is 0.895 bits per heavy atom. The van der Waals surface area contributed by atoms with Crippen LogP contribution in [0.5, 0.6) is 0 Å². The van der Waals surface area contributed by atoms with Gasteiger partial charge >= 0.3 is 0 Å². The summed E-state index contributed by atoms with van der Waals surface area (Å²) in [5.41, 5.74) is 1.64. The number of hydrogen-bond donors (Lipinski definition) is 0. The van der Waals surface area contributed by atoms with Crippen LogP contribution in [0.3, 0.4) is 0 Å². The van der Waals surface area contributed by atoms with Crippen LogP contribution in [-0.4, -0.2) is 20.2 Å². The van der Waals surface area contributed by atoms with Gasteiger partial charge in [-0.3, -0.25) is 0 Å². The average molecular weight is 291 g/mol. The van der Waals surface area contributed by atoms with Gasteiger partial charge in [0.25, 0.3) is 0 Å². The largest absolute Gasteiger partial charge is 0.193 e. The zero-order valence-corrected chi connectivity index (χ0v) is 11.2. The minimum Gasteiger partial charge on any atom is -0.193 e. The van der Waals surface area contributed by atoms with Gasteiger partial charge in [-0.1, -0.05) is 41.4 Å². The zero-order valence-electron chi connectivity index (χ0n) is 9.66. The third kappa shape index (κ3) is 2.45. The lowest BCUT2D eigenvalue weighted by atomic mass is 10.2. The summed E-state index contributed by atoms with van der Waals surface area (Å²) >= 11 is 12.0. The number of aromatic nitrogens is 4. The van der Waals surface area contributed by atoms with Crippen LogP contribution in [-0.2, 0) is 0 Å². The molecule has 4 nitrogen and oxygen atoms in total. The Kier molecular flexibility index (Phi) is 3.19. The number of rotatable bonds is 2. The van der Waals surface area contributed by atoms with Gasteiger partial charge < -0.3 is 0 Å². The van der Waals surface area contributed by atoms with Gasteiger partial charge in [0.05, 0.1) is 5.69 Å². The van der Waals surface area contributed by atoms with Crippen molar-refractivity contribution in [2.45, 2.75) is 0 Å². The molecule has 0 bridgehead atoms. The minimum absolute atomic E-state index is 0.616. The van der Waals surface area contributed by atoms with Crippen molar-refractivity contribution in [1.29, 1.82) is 0 Å². The Hall–Kier alpha value is -1.91. The lowest BCUT2D eigenvalue weighted by Crippen LogP contribution is -1.99. The number of halogens is 2. The number of nitrogens with zero attached hydrogens (tertiary/aromatic N) is 4. The highest BCUT2D eigenvalue weighted by atomic mass is 35.5. The van der Waals surface area contributed by atoms with Crippen LogP contribution in [0.15, 0.2) is 48.5 Å². The van der Waals surface area contributed by atoms with Crippen molar-refractivity contribution in [2.75, 3.05) is 0 Å². The monoisotopic (exact) mass is 290 g/mol. The Morgan fingerprint density at radius 2 is 1.63 bits per heavy atom. The first-order chi connectivity index (χ1) is 9.24. The van der Waals surface area contributed by atoms with E-state index in [4.69, 9.17) is 23.2 Å². The second-order valence-electron chi connectivity index (χ2n) is 3.90. The van der Waals surface area contributed by atoms with Gasteiger partial charge in [-0.15, -0.1) is 5.10 Å². The van der Waals surface area contributed by atoms with Crippen molar-refractivity contribution in [3.8, 4) is 17.1 Å². The predicted molar refractivity (Wildman–Crippen MR) is 74.6 cm³/mol. The maximum Gasteiger partial charge on any atom is 0.187 e. The van der Waals surface area contributed by atoms with Crippen molar-refractivity contribution >= 4 is 23.2 Å². The molecule has 0 fully saturated rings. The highest BCUT2D eigenvalue weighted by molar-refractivity contribution is 6.31. The van der Waals surface area contributed by atoms with Gasteiger partial charge in [0.2, 0.25) is 0 Å². The smallest absolute Gasteiger partial charge is 0.187 e. The van der Waals surface area contributed by atoms with E-state index in [1.807, 2.05) is 30.3 Å². The fraction of sp³-hybridized carbons (Fsp3) is 0. The summed E-state index contributed by atoms with van der Waals surface area (Å²) in [5, 5.41) is 13.0. The third-order valence-corrected chi connectivity index (χ3v) is 3.08. The van der Waals surface area contributed by atoms with E-state index >= 15 is 0 Å². The number of benzene rings is 2. The lowest BCUT2D eigenvalue weighted by molar-refractivity contribution is 0.791. The summed E-state index contributed by atoms with van der Waals surface area (Å²) in [6.45, 7) is 0.